The van der Waals surface area contributed by atoms with Gasteiger partial charge < -0.3 is 9.14 Å². The van der Waals surface area contributed by atoms with Crippen LogP contribution in [0.5, 0.6) is 5.75 Å². The monoisotopic (exact) mass is 437 g/mol. The number of nitrogens with zero attached hydrogens (tertiary/aromatic N) is 3. The Balaban J connectivity index is 1.60. The summed E-state index contributed by atoms with van der Waals surface area (Å²) in [5.74, 6) is 0.106. The van der Waals surface area contributed by atoms with Crippen LogP contribution in [0.1, 0.15) is 53.9 Å². The highest BCUT2D eigenvalue weighted by molar-refractivity contribution is 5.88. The quantitative estimate of drug-likeness (QED) is 0.354. The Kier molecular flexibility index (Phi) is 5.43. The zero-order valence-corrected chi connectivity index (χ0v) is 18.7. The molecule has 0 saturated heterocycles. The van der Waals surface area contributed by atoms with Gasteiger partial charge in [0.15, 0.2) is 0 Å². The van der Waals surface area contributed by atoms with Gasteiger partial charge in [0.05, 0.1) is 17.5 Å². The zero-order chi connectivity index (χ0) is 22.9. The first kappa shape index (κ1) is 21.0. The highest BCUT2D eigenvalue weighted by Crippen LogP contribution is 2.39. The summed E-state index contributed by atoms with van der Waals surface area (Å²) in [6.45, 7) is 4.27. The van der Waals surface area contributed by atoms with Gasteiger partial charge in [-0.25, -0.2) is 9.37 Å². The molecule has 33 heavy (non-hydrogen) atoms. The number of fused-ring (bicyclic) bond motifs is 3. The van der Waals surface area contributed by atoms with Crippen LogP contribution in [-0.4, -0.2) is 9.38 Å². The van der Waals surface area contributed by atoms with Gasteiger partial charge >= 0.3 is 0 Å². The molecule has 0 fully saturated rings. The van der Waals surface area contributed by atoms with Gasteiger partial charge in [0, 0.05) is 35.4 Å². The lowest BCUT2D eigenvalue weighted by molar-refractivity contribution is 0.305. The highest BCUT2D eigenvalue weighted by atomic mass is 19.1. The van der Waals surface area contributed by atoms with Crippen molar-refractivity contribution < 1.29 is 9.13 Å². The Labute approximate surface area is 192 Å². The van der Waals surface area contributed by atoms with Gasteiger partial charge in [0.25, 0.3) is 0 Å². The summed E-state index contributed by atoms with van der Waals surface area (Å²) in [4.78, 5) is 4.84. The summed E-state index contributed by atoms with van der Waals surface area (Å²) in [5, 5.41) is 9.66. The van der Waals surface area contributed by atoms with E-state index in [4.69, 9.17) is 9.72 Å². The molecular weight excluding hydrogens is 413 g/mol. The van der Waals surface area contributed by atoms with Crippen LogP contribution in [0.4, 0.5) is 4.39 Å². The molecule has 0 bridgehead atoms. The van der Waals surface area contributed by atoms with Gasteiger partial charge in [-0.15, -0.1) is 0 Å². The summed E-state index contributed by atoms with van der Waals surface area (Å²) >= 11 is 0. The number of halogens is 1. The summed E-state index contributed by atoms with van der Waals surface area (Å²) in [6, 6.07) is 19.1. The first-order chi connectivity index (χ1) is 16.1. The Morgan fingerprint density at radius 3 is 2.82 bits per heavy atom. The second-order valence-electron chi connectivity index (χ2n) is 8.39. The number of imidazole rings is 1. The minimum Gasteiger partial charge on any atom is -0.488 e. The number of rotatable bonds is 4. The molecule has 1 aliphatic rings. The van der Waals surface area contributed by atoms with Crippen LogP contribution in [0.2, 0.25) is 0 Å². The maximum atomic E-state index is 13.9. The van der Waals surface area contributed by atoms with E-state index in [1.807, 2.05) is 18.2 Å². The van der Waals surface area contributed by atoms with Gasteiger partial charge in [0.2, 0.25) is 0 Å². The molecule has 5 heteroatoms. The summed E-state index contributed by atoms with van der Waals surface area (Å²) in [5.41, 5.74) is 8.48. The largest absolute Gasteiger partial charge is 0.488 e. The number of benzene rings is 2. The Morgan fingerprint density at radius 1 is 1.15 bits per heavy atom. The molecule has 2 aromatic heterocycles. The third kappa shape index (κ3) is 3.78. The van der Waals surface area contributed by atoms with Gasteiger partial charge in [-0.1, -0.05) is 37.6 Å². The molecule has 4 aromatic rings. The van der Waals surface area contributed by atoms with E-state index in [-0.39, 0.29) is 5.82 Å². The Hall–Kier alpha value is -3.91. The maximum absolute atomic E-state index is 13.9. The Morgan fingerprint density at radius 2 is 2.00 bits per heavy atom. The number of hydrogen-bond acceptors (Lipinski definition) is 3. The fourth-order valence-corrected chi connectivity index (χ4v) is 4.62. The van der Waals surface area contributed by atoms with Crippen LogP contribution in [0.15, 0.2) is 66.4 Å². The number of allylic oxidation sites excluding steroid dienone is 1. The fourth-order valence-electron chi connectivity index (χ4n) is 4.62. The van der Waals surface area contributed by atoms with E-state index >= 15 is 0 Å². The van der Waals surface area contributed by atoms with Crippen LogP contribution in [0, 0.1) is 17.1 Å². The van der Waals surface area contributed by atoms with Crippen LogP contribution >= 0.6 is 0 Å². The molecule has 2 aromatic carbocycles. The molecule has 4 nitrogen and oxygen atoms in total. The molecule has 0 spiro atoms. The van der Waals surface area contributed by atoms with Crippen LogP contribution < -0.4 is 4.74 Å². The van der Waals surface area contributed by atoms with Crippen molar-refractivity contribution in [1.29, 1.82) is 5.26 Å². The molecule has 0 aliphatic carbocycles. The molecule has 0 atom stereocenters. The molecule has 0 unspecified atom stereocenters. The average molecular weight is 438 g/mol. The minimum absolute atomic E-state index is 0.316. The van der Waals surface area contributed by atoms with Crippen molar-refractivity contribution in [3.63, 3.8) is 0 Å². The van der Waals surface area contributed by atoms with Gasteiger partial charge in [0.1, 0.15) is 23.8 Å². The molecule has 164 valence electrons. The molecular formula is C28H24FN3O. The topological polar surface area (TPSA) is 50.3 Å². The standard InChI is InChI=1S/C28H24FN3O/c1-3-6-24-25(32-12-5-4-7-27(32)31-24)14-19-8-10-22-20(13-19)17-33-26-15-21(29)9-11-23(26)28(22)18(2)16-30/h4-5,7-13,15H,3,6,14,17H2,1-2H3. The van der Waals surface area contributed by atoms with Crippen molar-refractivity contribution >= 4 is 11.2 Å². The fraction of sp³-hybridized carbons (Fsp3) is 0.214. The predicted octanol–water partition coefficient (Wildman–Crippen LogP) is 6.25. The SMILES string of the molecule is CCCc1nc2ccccn2c1Cc1ccc2c(c1)COc1cc(F)ccc1C2=C(C)C#N. The first-order valence-electron chi connectivity index (χ1n) is 11.2. The lowest BCUT2D eigenvalue weighted by Gasteiger charge is -2.13. The van der Waals surface area contributed by atoms with Crippen molar-refractivity contribution in [2.24, 2.45) is 0 Å². The number of hydrogen-bond donors (Lipinski definition) is 0. The van der Waals surface area contributed by atoms with Crippen LogP contribution in [-0.2, 0) is 19.4 Å². The van der Waals surface area contributed by atoms with Crippen LogP contribution in [0.25, 0.3) is 11.2 Å². The van der Waals surface area contributed by atoms with E-state index in [1.165, 1.54) is 17.8 Å². The minimum atomic E-state index is -0.356. The molecule has 1 aliphatic heterocycles. The molecule has 0 N–H and O–H groups in total. The second-order valence-corrected chi connectivity index (χ2v) is 8.39. The Bertz CT molecular complexity index is 1440. The third-order valence-corrected chi connectivity index (χ3v) is 6.15. The average Bonchev–Trinajstić information content (AvgIpc) is 3.07. The number of aromatic nitrogens is 2. The van der Waals surface area contributed by atoms with Crippen molar-refractivity contribution in [3.8, 4) is 11.8 Å². The molecule has 0 amide bonds. The number of aryl methyl sites for hydroxylation is 1. The van der Waals surface area contributed by atoms with Crippen molar-refractivity contribution in [1.82, 2.24) is 9.38 Å². The normalized spacial score (nSPS) is 14.1. The molecule has 3 heterocycles. The lowest BCUT2D eigenvalue weighted by Crippen LogP contribution is -2.02. The third-order valence-electron chi connectivity index (χ3n) is 6.15. The molecule has 5 rings (SSSR count). The highest BCUT2D eigenvalue weighted by Gasteiger charge is 2.22. The summed E-state index contributed by atoms with van der Waals surface area (Å²) in [6.07, 6.45) is 4.77. The lowest BCUT2D eigenvalue weighted by atomic mass is 9.89. The summed E-state index contributed by atoms with van der Waals surface area (Å²) in [7, 11) is 0. The van der Waals surface area contributed by atoms with Crippen molar-refractivity contribution in [3.05, 3.63) is 106 Å². The van der Waals surface area contributed by atoms with Crippen molar-refractivity contribution in [2.75, 3.05) is 0 Å². The number of nitriles is 1. The van der Waals surface area contributed by atoms with Gasteiger partial charge in [-0.3, -0.25) is 0 Å². The van der Waals surface area contributed by atoms with Gasteiger partial charge in [-0.2, -0.15) is 5.26 Å². The maximum Gasteiger partial charge on any atom is 0.137 e. The van der Waals surface area contributed by atoms with E-state index < -0.39 is 0 Å². The second kappa shape index (κ2) is 8.55. The van der Waals surface area contributed by atoms with E-state index in [9.17, 15) is 9.65 Å². The van der Waals surface area contributed by atoms with Crippen molar-refractivity contribution in [2.45, 2.75) is 39.7 Å². The zero-order valence-electron chi connectivity index (χ0n) is 18.7. The first-order valence-corrected chi connectivity index (χ1v) is 11.2. The van der Waals surface area contributed by atoms with E-state index in [1.54, 1.807) is 13.0 Å². The van der Waals surface area contributed by atoms with E-state index in [2.05, 4.69) is 41.8 Å². The summed E-state index contributed by atoms with van der Waals surface area (Å²) < 4.78 is 22.1. The smallest absolute Gasteiger partial charge is 0.137 e. The van der Waals surface area contributed by atoms with E-state index in [0.29, 0.717) is 17.9 Å². The van der Waals surface area contributed by atoms with Gasteiger partial charge in [-0.05, 0) is 54.3 Å². The predicted molar refractivity (Wildman–Crippen MR) is 126 cm³/mol. The van der Waals surface area contributed by atoms with Crippen LogP contribution in [0.3, 0.4) is 0 Å². The number of ether oxygens (including phenoxy) is 1. The molecule has 0 radical (unpaired) electrons. The van der Waals surface area contributed by atoms with E-state index in [0.717, 1.165) is 58.4 Å². The number of pyridine rings is 1. The molecule has 0 saturated carbocycles.